The van der Waals surface area contributed by atoms with Gasteiger partial charge in [0.1, 0.15) is 5.84 Å². The average Bonchev–Trinajstić information content (AvgIpc) is 2.41. The van der Waals surface area contributed by atoms with Crippen LogP contribution in [-0.2, 0) is 0 Å². The van der Waals surface area contributed by atoms with Crippen molar-refractivity contribution in [1.82, 2.24) is 15.1 Å². The van der Waals surface area contributed by atoms with E-state index in [1.54, 1.807) is 0 Å². The van der Waals surface area contributed by atoms with E-state index in [1.807, 2.05) is 4.90 Å². The summed E-state index contributed by atoms with van der Waals surface area (Å²) in [4.78, 5) is 16.3. The molecule has 2 rings (SSSR count). The van der Waals surface area contributed by atoms with Crippen molar-refractivity contribution in [1.29, 1.82) is 5.41 Å². The van der Waals surface area contributed by atoms with Crippen LogP contribution >= 0.6 is 0 Å². The molecule has 2 heterocycles. The Kier molecular flexibility index (Phi) is 5.23. The zero-order valence-corrected chi connectivity index (χ0v) is 12.4. The maximum absolute atomic E-state index is 12.2. The van der Waals surface area contributed by atoms with Crippen LogP contribution in [0, 0.1) is 11.3 Å². The van der Waals surface area contributed by atoms with E-state index in [9.17, 15) is 4.79 Å². The Morgan fingerprint density at radius 3 is 2.35 bits per heavy atom. The van der Waals surface area contributed by atoms with Crippen molar-refractivity contribution >= 4 is 11.9 Å². The first-order valence-electron chi connectivity index (χ1n) is 7.65. The molecule has 4 N–H and O–H groups in total. The van der Waals surface area contributed by atoms with Crippen LogP contribution in [0.2, 0.25) is 0 Å². The second-order valence-corrected chi connectivity index (χ2v) is 6.19. The van der Waals surface area contributed by atoms with E-state index in [2.05, 4.69) is 17.1 Å². The van der Waals surface area contributed by atoms with Gasteiger partial charge in [0, 0.05) is 32.2 Å². The van der Waals surface area contributed by atoms with Crippen molar-refractivity contribution in [3.8, 4) is 0 Å². The summed E-state index contributed by atoms with van der Waals surface area (Å²) in [5.74, 6) is 0.962. The molecule has 2 fully saturated rings. The van der Waals surface area contributed by atoms with Crippen LogP contribution in [0.15, 0.2) is 0 Å². The Morgan fingerprint density at radius 2 is 1.80 bits per heavy atom. The number of carbonyl (C=O) groups is 1. The molecule has 2 aliphatic rings. The average molecular weight is 281 g/mol. The molecule has 0 unspecified atom stereocenters. The lowest BCUT2D eigenvalue weighted by Crippen LogP contribution is -2.51. The highest BCUT2D eigenvalue weighted by Crippen LogP contribution is 2.17. The lowest BCUT2D eigenvalue weighted by molar-refractivity contribution is 0.160. The number of amides is 2. The molecule has 114 valence electrons. The van der Waals surface area contributed by atoms with Crippen molar-refractivity contribution in [2.75, 3.05) is 32.7 Å². The van der Waals surface area contributed by atoms with Gasteiger partial charge in [-0.1, -0.05) is 6.92 Å². The standard InChI is InChI=1S/C14H27N5O/c1-11-2-8-19(9-3-11)14(20)17-12-4-6-18(7-5-12)10-13(15)16/h11-12H,2-10H2,1H3,(H3,15,16)(H,17,20). The first-order chi connectivity index (χ1) is 9.54. The van der Waals surface area contributed by atoms with Gasteiger partial charge in [-0.2, -0.15) is 0 Å². The molecule has 0 spiro atoms. The Labute approximate surface area is 121 Å². The zero-order chi connectivity index (χ0) is 14.5. The van der Waals surface area contributed by atoms with E-state index in [1.165, 1.54) is 0 Å². The van der Waals surface area contributed by atoms with Crippen LogP contribution in [0.1, 0.15) is 32.6 Å². The smallest absolute Gasteiger partial charge is 0.317 e. The van der Waals surface area contributed by atoms with E-state index >= 15 is 0 Å². The highest BCUT2D eigenvalue weighted by atomic mass is 16.2. The fourth-order valence-electron chi connectivity index (χ4n) is 2.95. The maximum Gasteiger partial charge on any atom is 0.317 e. The minimum Gasteiger partial charge on any atom is -0.387 e. The fraction of sp³-hybridized carbons (Fsp3) is 0.857. The molecular weight excluding hydrogens is 254 g/mol. The van der Waals surface area contributed by atoms with Gasteiger partial charge >= 0.3 is 6.03 Å². The first kappa shape index (κ1) is 15.1. The quantitative estimate of drug-likeness (QED) is 0.529. The van der Waals surface area contributed by atoms with Crippen molar-refractivity contribution < 1.29 is 4.79 Å². The van der Waals surface area contributed by atoms with Crippen LogP contribution in [0.25, 0.3) is 0 Å². The summed E-state index contributed by atoms with van der Waals surface area (Å²) in [6.45, 7) is 6.38. The molecule has 0 aromatic heterocycles. The number of carbonyl (C=O) groups excluding carboxylic acids is 1. The molecule has 20 heavy (non-hydrogen) atoms. The summed E-state index contributed by atoms with van der Waals surface area (Å²) in [6.07, 6.45) is 4.13. The molecule has 0 saturated carbocycles. The molecule has 0 bridgehead atoms. The number of likely N-dealkylation sites (tertiary alicyclic amines) is 2. The minimum absolute atomic E-state index is 0.0990. The van der Waals surface area contributed by atoms with E-state index < -0.39 is 0 Å². The molecule has 2 amide bonds. The summed E-state index contributed by atoms with van der Waals surface area (Å²) >= 11 is 0. The van der Waals surface area contributed by atoms with Gasteiger partial charge in [-0.05, 0) is 31.6 Å². The summed E-state index contributed by atoms with van der Waals surface area (Å²) in [6, 6.07) is 0.368. The van der Waals surface area contributed by atoms with Crippen molar-refractivity contribution in [3.63, 3.8) is 0 Å². The largest absolute Gasteiger partial charge is 0.387 e. The Bertz CT molecular complexity index is 343. The van der Waals surface area contributed by atoms with Crippen molar-refractivity contribution in [2.45, 2.75) is 38.6 Å². The van der Waals surface area contributed by atoms with Crippen LogP contribution in [0.3, 0.4) is 0 Å². The summed E-state index contributed by atoms with van der Waals surface area (Å²) in [7, 11) is 0. The predicted octanol–water partition coefficient (Wildman–Crippen LogP) is 0.828. The summed E-state index contributed by atoms with van der Waals surface area (Å²) in [5.41, 5.74) is 5.41. The van der Waals surface area contributed by atoms with E-state index in [4.69, 9.17) is 11.1 Å². The molecule has 0 aromatic rings. The molecule has 0 aliphatic carbocycles. The monoisotopic (exact) mass is 281 g/mol. The molecule has 6 heteroatoms. The lowest BCUT2D eigenvalue weighted by Gasteiger charge is -2.35. The van der Waals surface area contributed by atoms with E-state index in [0.717, 1.165) is 57.8 Å². The van der Waals surface area contributed by atoms with Crippen LogP contribution < -0.4 is 11.1 Å². The number of amidine groups is 1. The predicted molar refractivity (Wildman–Crippen MR) is 79.9 cm³/mol. The molecule has 0 radical (unpaired) electrons. The van der Waals surface area contributed by atoms with E-state index in [-0.39, 0.29) is 17.9 Å². The zero-order valence-electron chi connectivity index (χ0n) is 12.4. The SMILES string of the molecule is CC1CCN(C(=O)NC2CCN(CC(=N)N)CC2)CC1. The molecule has 2 aliphatic heterocycles. The number of nitrogens with two attached hydrogens (primary N) is 1. The molecule has 0 atom stereocenters. The normalized spacial score (nSPS) is 22.8. The minimum atomic E-state index is 0.0990. The number of piperidine rings is 2. The Hall–Kier alpha value is -1.30. The molecule has 0 aromatic carbocycles. The second-order valence-electron chi connectivity index (χ2n) is 6.19. The van der Waals surface area contributed by atoms with Gasteiger partial charge in [0.15, 0.2) is 0 Å². The number of nitrogens with zero attached hydrogens (tertiary/aromatic N) is 2. The van der Waals surface area contributed by atoms with Gasteiger partial charge < -0.3 is 16.0 Å². The number of hydrogen-bond donors (Lipinski definition) is 3. The topological polar surface area (TPSA) is 85.5 Å². The number of nitrogens with one attached hydrogen (secondary N) is 2. The van der Waals surface area contributed by atoms with Gasteiger partial charge in [0.2, 0.25) is 0 Å². The third kappa shape index (κ3) is 4.37. The van der Waals surface area contributed by atoms with Gasteiger partial charge in [0.05, 0.1) is 6.54 Å². The van der Waals surface area contributed by atoms with Crippen LogP contribution in [0.4, 0.5) is 4.79 Å². The maximum atomic E-state index is 12.2. The fourth-order valence-corrected chi connectivity index (χ4v) is 2.95. The molecule has 2 saturated heterocycles. The second kappa shape index (κ2) is 6.92. The van der Waals surface area contributed by atoms with Gasteiger partial charge in [0.25, 0.3) is 0 Å². The van der Waals surface area contributed by atoms with Crippen LogP contribution in [0.5, 0.6) is 0 Å². The van der Waals surface area contributed by atoms with Gasteiger partial charge in [-0.25, -0.2) is 4.79 Å². The molecule has 6 nitrogen and oxygen atoms in total. The third-order valence-corrected chi connectivity index (χ3v) is 4.38. The van der Waals surface area contributed by atoms with Crippen molar-refractivity contribution in [2.24, 2.45) is 11.7 Å². The van der Waals surface area contributed by atoms with Gasteiger partial charge in [-0.15, -0.1) is 0 Å². The lowest BCUT2D eigenvalue weighted by atomic mass is 9.99. The summed E-state index contributed by atoms with van der Waals surface area (Å²) in [5, 5.41) is 10.5. The number of hydrogen-bond acceptors (Lipinski definition) is 3. The Morgan fingerprint density at radius 1 is 1.20 bits per heavy atom. The first-order valence-corrected chi connectivity index (χ1v) is 7.65. The van der Waals surface area contributed by atoms with Gasteiger partial charge in [-0.3, -0.25) is 10.3 Å². The highest BCUT2D eigenvalue weighted by Gasteiger charge is 2.25. The highest BCUT2D eigenvalue weighted by molar-refractivity contribution is 5.79. The summed E-state index contributed by atoms with van der Waals surface area (Å²) < 4.78 is 0. The molecular formula is C14H27N5O. The van der Waals surface area contributed by atoms with Crippen molar-refractivity contribution in [3.05, 3.63) is 0 Å². The number of urea groups is 1. The number of rotatable bonds is 3. The Balaban J connectivity index is 1.69. The van der Waals surface area contributed by atoms with E-state index in [0.29, 0.717) is 6.54 Å². The van der Waals surface area contributed by atoms with Crippen LogP contribution in [-0.4, -0.2) is 60.4 Å². The third-order valence-electron chi connectivity index (χ3n) is 4.38.